The number of aromatic nitrogens is 7. The van der Waals surface area contributed by atoms with Crippen LogP contribution < -0.4 is 0 Å². The Morgan fingerprint density at radius 2 is 1.59 bits per heavy atom. The van der Waals surface area contributed by atoms with Crippen LogP contribution in [0.2, 0.25) is 0 Å². The summed E-state index contributed by atoms with van der Waals surface area (Å²) in [4.78, 5) is 11.7. The Hall–Kier alpha value is -3.68. The van der Waals surface area contributed by atoms with Gasteiger partial charge in [0.1, 0.15) is 23.2 Å². The summed E-state index contributed by atoms with van der Waals surface area (Å²) in [7, 11) is 0. The van der Waals surface area contributed by atoms with Gasteiger partial charge < -0.3 is 0 Å². The molecule has 0 aliphatic carbocycles. The zero-order valence-corrected chi connectivity index (χ0v) is 16.3. The molecule has 0 aliphatic heterocycles. The molecular weight excluding hydrogens is 460 g/mol. The number of hydrogen-bond acceptors (Lipinski definition) is 7. The van der Waals surface area contributed by atoms with E-state index in [9.17, 15) is 26.3 Å². The highest BCUT2D eigenvalue weighted by Gasteiger charge is 2.37. The third kappa shape index (κ3) is 4.64. The summed E-state index contributed by atoms with van der Waals surface area (Å²) in [6.07, 6.45) is -3.04. The maximum absolute atomic E-state index is 13.1. The molecule has 0 amide bonds. The van der Waals surface area contributed by atoms with Gasteiger partial charge in [0.25, 0.3) is 0 Å². The second kappa shape index (κ2) is 8.11. The summed E-state index contributed by atoms with van der Waals surface area (Å²) >= 11 is 1.20. The summed E-state index contributed by atoms with van der Waals surface area (Å²) in [6.45, 7) is 0. The molecule has 0 radical (unpaired) electrons. The van der Waals surface area contributed by atoms with Gasteiger partial charge in [-0.05, 0) is 18.2 Å². The van der Waals surface area contributed by atoms with E-state index < -0.39 is 29.0 Å². The second-order valence-corrected chi connectivity index (χ2v) is 7.09. The zero-order valence-electron chi connectivity index (χ0n) is 15.5. The minimum absolute atomic E-state index is 0.0450. The minimum atomic E-state index is -4.98. The number of hydrogen-bond donors (Lipinski definition) is 0. The van der Waals surface area contributed by atoms with Crippen LogP contribution in [0, 0.1) is 0 Å². The number of halogens is 6. The lowest BCUT2D eigenvalue weighted by Gasteiger charge is -2.13. The Bertz CT molecular complexity index is 1210. The predicted octanol–water partition coefficient (Wildman–Crippen LogP) is 4.67. The molecule has 0 spiro atoms. The van der Waals surface area contributed by atoms with E-state index in [1.807, 2.05) is 0 Å². The van der Waals surface area contributed by atoms with Gasteiger partial charge in [0.15, 0.2) is 5.82 Å². The molecular formula is C18H9F6N7S. The summed E-state index contributed by atoms with van der Waals surface area (Å²) in [5.41, 5.74) is -0.833. The number of nitrogens with zero attached hydrogens (tertiary/aromatic N) is 7. The largest absolute Gasteiger partial charge is 0.416 e. The summed E-state index contributed by atoms with van der Waals surface area (Å²) < 4.78 is 79.9. The lowest BCUT2D eigenvalue weighted by Crippen LogP contribution is -2.11. The smallest absolute Gasteiger partial charge is 0.244 e. The maximum Gasteiger partial charge on any atom is 0.416 e. The van der Waals surface area contributed by atoms with E-state index in [0.717, 1.165) is 11.0 Å². The first-order chi connectivity index (χ1) is 15.1. The van der Waals surface area contributed by atoms with Gasteiger partial charge in [-0.1, -0.05) is 11.3 Å². The van der Waals surface area contributed by atoms with Gasteiger partial charge in [-0.15, -0.1) is 15.3 Å². The first-order valence-corrected chi connectivity index (χ1v) is 9.44. The molecule has 0 saturated carbocycles. The van der Waals surface area contributed by atoms with Crippen LogP contribution in [-0.2, 0) is 12.4 Å². The van der Waals surface area contributed by atoms with E-state index in [1.54, 1.807) is 0 Å². The van der Waals surface area contributed by atoms with Crippen LogP contribution in [0.15, 0.2) is 48.8 Å². The molecule has 0 saturated heterocycles. The summed E-state index contributed by atoms with van der Waals surface area (Å²) in [6, 6.07) is 1.17. The lowest BCUT2D eigenvalue weighted by molar-refractivity contribution is -0.143. The topological polar surface area (TPSA) is 82.3 Å². The zero-order chi connectivity index (χ0) is 22.9. The molecule has 4 rings (SSSR count). The number of rotatable bonds is 4. The highest BCUT2D eigenvalue weighted by atomic mass is 32.1. The van der Waals surface area contributed by atoms with Gasteiger partial charge in [-0.3, -0.25) is 0 Å². The average molecular weight is 469 g/mol. The van der Waals surface area contributed by atoms with Crippen LogP contribution in [0.25, 0.3) is 23.2 Å². The third-order valence-corrected chi connectivity index (χ3v) is 4.80. The first-order valence-electron chi connectivity index (χ1n) is 8.56. The quantitative estimate of drug-likeness (QED) is 0.404. The van der Waals surface area contributed by atoms with Gasteiger partial charge >= 0.3 is 12.4 Å². The van der Waals surface area contributed by atoms with Crippen molar-refractivity contribution in [2.75, 3.05) is 0 Å². The van der Waals surface area contributed by atoms with E-state index in [-0.39, 0.29) is 11.9 Å². The van der Waals surface area contributed by atoms with Crippen molar-refractivity contribution in [3.63, 3.8) is 0 Å². The standard InChI is InChI=1S/C18H9F6N7S/c19-17(20,21)12-1-10(2-13(3-12)18(22,23)24)15-27-8-31(30-15)6-14(16-29-28-9-32-16)11-4-25-7-26-5-11/h1-9H/b14-6+. The molecule has 0 unspecified atom stereocenters. The molecule has 1 aromatic carbocycles. The van der Waals surface area contributed by atoms with Gasteiger partial charge in [-0.25, -0.2) is 19.6 Å². The van der Waals surface area contributed by atoms with E-state index >= 15 is 0 Å². The van der Waals surface area contributed by atoms with E-state index in [1.165, 1.54) is 41.8 Å². The van der Waals surface area contributed by atoms with Crippen LogP contribution in [0.5, 0.6) is 0 Å². The SMILES string of the molecule is FC(F)(F)c1cc(-c2ncn(/C=C(\c3cncnc3)c3nncs3)n2)cc(C(F)(F)F)c1. The van der Waals surface area contributed by atoms with Crippen molar-refractivity contribution in [1.29, 1.82) is 0 Å². The highest BCUT2D eigenvalue weighted by molar-refractivity contribution is 7.10. The molecule has 7 nitrogen and oxygen atoms in total. The first kappa shape index (κ1) is 21.5. The number of alkyl halides is 6. The van der Waals surface area contributed by atoms with E-state index in [4.69, 9.17) is 0 Å². The third-order valence-electron chi connectivity index (χ3n) is 4.08. The Labute approximate surface area is 179 Å². The van der Waals surface area contributed by atoms with Crippen LogP contribution in [0.4, 0.5) is 26.3 Å². The molecule has 3 heterocycles. The highest BCUT2D eigenvalue weighted by Crippen LogP contribution is 2.38. The van der Waals surface area contributed by atoms with Crippen molar-refractivity contribution in [3.8, 4) is 11.4 Å². The van der Waals surface area contributed by atoms with Crippen LogP contribution in [-0.4, -0.2) is 34.9 Å². The monoisotopic (exact) mass is 469 g/mol. The van der Waals surface area contributed by atoms with Crippen molar-refractivity contribution in [3.05, 3.63) is 70.5 Å². The maximum atomic E-state index is 13.1. The van der Waals surface area contributed by atoms with Crippen molar-refractivity contribution in [2.24, 2.45) is 0 Å². The Balaban J connectivity index is 1.78. The fourth-order valence-corrected chi connectivity index (χ4v) is 3.25. The number of benzene rings is 1. The molecule has 14 heteroatoms. The summed E-state index contributed by atoms with van der Waals surface area (Å²) in [5, 5.41) is 12.2. The molecule has 0 aliphatic rings. The molecule has 3 aromatic heterocycles. The molecule has 4 aromatic rings. The summed E-state index contributed by atoms with van der Waals surface area (Å²) in [5.74, 6) is -0.321. The van der Waals surface area contributed by atoms with Gasteiger partial charge in [0.2, 0.25) is 0 Å². The Morgan fingerprint density at radius 3 is 2.16 bits per heavy atom. The fourth-order valence-electron chi connectivity index (χ4n) is 2.67. The van der Waals surface area contributed by atoms with Gasteiger partial charge in [0.05, 0.1) is 11.1 Å². The van der Waals surface area contributed by atoms with E-state index in [2.05, 4.69) is 30.2 Å². The van der Waals surface area contributed by atoms with E-state index in [0.29, 0.717) is 28.3 Å². The normalized spacial score (nSPS) is 12.9. The molecule has 164 valence electrons. The lowest BCUT2D eigenvalue weighted by atomic mass is 10.0. The molecule has 0 atom stereocenters. The van der Waals surface area contributed by atoms with Crippen molar-refractivity contribution >= 4 is 23.1 Å². The second-order valence-electron chi connectivity index (χ2n) is 6.26. The van der Waals surface area contributed by atoms with Gasteiger partial charge in [-0.2, -0.15) is 26.3 Å². The van der Waals surface area contributed by atoms with Crippen LogP contribution in [0.1, 0.15) is 21.7 Å². The Morgan fingerprint density at radius 1 is 0.938 bits per heavy atom. The Kier molecular flexibility index (Phi) is 5.46. The van der Waals surface area contributed by atoms with Crippen molar-refractivity contribution in [1.82, 2.24) is 34.9 Å². The van der Waals surface area contributed by atoms with Crippen LogP contribution >= 0.6 is 11.3 Å². The molecule has 0 N–H and O–H groups in total. The minimum Gasteiger partial charge on any atom is -0.244 e. The van der Waals surface area contributed by atoms with Crippen LogP contribution in [0.3, 0.4) is 0 Å². The fraction of sp³-hybridized carbons (Fsp3) is 0.111. The predicted molar refractivity (Wildman–Crippen MR) is 101 cm³/mol. The van der Waals surface area contributed by atoms with Crippen molar-refractivity contribution in [2.45, 2.75) is 12.4 Å². The molecule has 32 heavy (non-hydrogen) atoms. The molecule has 0 bridgehead atoms. The average Bonchev–Trinajstić information content (AvgIpc) is 3.43. The van der Waals surface area contributed by atoms with Gasteiger partial charge in [0, 0.05) is 35.3 Å². The molecule has 0 fully saturated rings. The van der Waals surface area contributed by atoms with Crippen molar-refractivity contribution < 1.29 is 26.3 Å².